The van der Waals surface area contributed by atoms with Crippen LogP contribution in [0.4, 0.5) is 39.5 Å². The second-order valence-electron chi connectivity index (χ2n) is 6.38. The van der Waals surface area contributed by atoms with E-state index in [9.17, 15) is 35.1 Å². The van der Waals surface area contributed by atoms with E-state index in [0.29, 0.717) is 0 Å². The van der Waals surface area contributed by atoms with Gasteiger partial charge in [0.2, 0.25) is 5.67 Å². The van der Waals surface area contributed by atoms with Crippen molar-refractivity contribution in [1.82, 2.24) is 0 Å². The number of halogens is 9. The molecule has 2 fully saturated rings. The van der Waals surface area contributed by atoms with Crippen LogP contribution in [0.3, 0.4) is 0 Å². The molecular formula is C13H15F9O. The fourth-order valence-electron chi connectivity index (χ4n) is 4.40. The predicted molar refractivity (Wildman–Crippen MR) is 60.6 cm³/mol. The quantitative estimate of drug-likeness (QED) is 0.647. The number of ether oxygens (including phenoxy) is 1. The van der Waals surface area contributed by atoms with Crippen LogP contribution in [0.15, 0.2) is 0 Å². The molecule has 0 aliphatic heterocycles. The van der Waals surface area contributed by atoms with Crippen molar-refractivity contribution < 1.29 is 44.3 Å². The summed E-state index contributed by atoms with van der Waals surface area (Å²) in [5, 5.41) is 0. The molecule has 0 aromatic rings. The van der Waals surface area contributed by atoms with Crippen molar-refractivity contribution in [1.29, 1.82) is 0 Å². The summed E-state index contributed by atoms with van der Waals surface area (Å²) in [6.45, 7) is 2.46. The van der Waals surface area contributed by atoms with Gasteiger partial charge in [0.1, 0.15) is 0 Å². The van der Waals surface area contributed by atoms with Gasteiger partial charge in [0, 0.05) is 18.9 Å². The van der Waals surface area contributed by atoms with Gasteiger partial charge in [-0.15, -0.1) is 0 Å². The van der Waals surface area contributed by atoms with Crippen LogP contribution < -0.4 is 0 Å². The highest BCUT2D eigenvalue weighted by molar-refractivity contribution is 5.27. The highest BCUT2D eigenvalue weighted by atomic mass is 19.4. The Morgan fingerprint density at radius 3 is 1.52 bits per heavy atom. The minimum Gasteiger partial charge on any atom is -0.359 e. The van der Waals surface area contributed by atoms with Crippen LogP contribution in [-0.2, 0) is 4.74 Å². The monoisotopic (exact) mass is 358 g/mol. The van der Waals surface area contributed by atoms with E-state index in [1.807, 2.05) is 0 Å². The largest absolute Gasteiger partial charge is 0.430 e. The van der Waals surface area contributed by atoms with Gasteiger partial charge in [0.25, 0.3) is 11.5 Å². The first-order valence-corrected chi connectivity index (χ1v) is 6.86. The molecule has 0 radical (unpaired) electrons. The average Bonchev–Trinajstić information content (AvgIpc) is 2.73. The minimum absolute atomic E-state index is 0.0432. The second kappa shape index (κ2) is 4.70. The molecule has 0 spiro atoms. The molecule has 0 amide bonds. The molecule has 2 aliphatic rings. The highest BCUT2D eigenvalue weighted by Gasteiger charge is 2.93. The van der Waals surface area contributed by atoms with Gasteiger partial charge < -0.3 is 4.74 Å². The summed E-state index contributed by atoms with van der Waals surface area (Å²) in [5.41, 5.74) is -10.5. The molecule has 0 aromatic heterocycles. The molecule has 5 atom stereocenters. The highest BCUT2D eigenvalue weighted by Crippen LogP contribution is 2.72. The van der Waals surface area contributed by atoms with Gasteiger partial charge in [0.05, 0.1) is 0 Å². The van der Waals surface area contributed by atoms with E-state index < -0.39 is 59.6 Å². The van der Waals surface area contributed by atoms with E-state index in [4.69, 9.17) is 0 Å². The molecule has 0 aromatic carbocycles. The third-order valence-corrected chi connectivity index (χ3v) is 5.69. The van der Waals surface area contributed by atoms with Crippen molar-refractivity contribution in [2.24, 2.45) is 23.7 Å². The lowest BCUT2D eigenvalue weighted by atomic mass is 9.64. The Morgan fingerprint density at radius 1 is 0.826 bits per heavy atom. The molecule has 0 N–H and O–H groups in total. The molecule has 2 rings (SSSR count). The van der Waals surface area contributed by atoms with E-state index >= 15 is 4.39 Å². The Kier molecular flexibility index (Phi) is 3.81. The molecule has 23 heavy (non-hydrogen) atoms. The molecule has 2 bridgehead atoms. The van der Waals surface area contributed by atoms with Crippen molar-refractivity contribution in [3.63, 3.8) is 0 Å². The van der Waals surface area contributed by atoms with Crippen LogP contribution in [-0.4, -0.2) is 36.7 Å². The molecule has 2 aliphatic carbocycles. The van der Waals surface area contributed by atoms with Crippen molar-refractivity contribution in [2.75, 3.05) is 7.11 Å². The molecule has 2 saturated carbocycles. The third kappa shape index (κ3) is 1.81. The van der Waals surface area contributed by atoms with E-state index in [1.54, 1.807) is 0 Å². The Hall–Kier alpha value is -0.670. The maximum absolute atomic E-state index is 15.2. The van der Waals surface area contributed by atoms with Gasteiger partial charge in [-0.25, -0.2) is 13.2 Å². The van der Waals surface area contributed by atoms with E-state index in [1.165, 1.54) is 13.8 Å². The van der Waals surface area contributed by atoms with Crippen molar-refractivity contribution in [2.45, 2.75) is 49.8 Å². The molecule has 0 saturated heterocycles. The summed E-state index contributed by atoms with van der Waals surface area (Å²) in [4.78, 5) is 0. The first-order valence-electron chi connectivity index (χ1n) is 6.86. The summed E-state index contributed by atoms with van der Waals surface area (Å²) in [6.07, 6.45) is -13.5. The summed E-state index contributed by atoms with van der Waals surface area (Å²) in [5.74, 6) is -10.8. The van der Waals surface area contributed by atoms with Crippen LogP contribution in [0, 0.1) is 23.7 Å². The zero-order valence-corrected chi connectivity index (χ0v) is 12.3. The Balaban J connectivity index is 2.78. The number of fused-ring (bicyclic) bond motifs is 2. The Morgan fingerprint density at radius 2 is 1.22 bits per heavy atom. The lowest BCUT2D eigenvalue weighted by molar-refractivity contribution is -0.439. The van der Waals surface area contributed by atoms with Gasteiger partial charge in [-0.05, 0) is 18.3 Å². The first kappa shape index (κ1) is 18.7. The number of hydrogen-bond acceptors (Lipinski definition) is 1. The summed E-state index contributed by atoms with van der Waals surface area (Å²) in [7, 11) is -0.0432. The second-order valence-corrected chi connectivity index (χ2v) is 6.38. The molecular weight excluding hydrogens is 343 g/mol. The fraction of sp³-hybridized carbons (Fsp3) is 1.00. The maximum atomic E-state index is 15.2. The van der Waals surface area contributed by atoms with Crippen LogP contribution in [0.2, 0.25) is 0 Å². The molecule has 5 unspecified atom stereocenters. The van der Waals surface area contributed by atoms with Gasteiger partial charge in [-0.2, -0.15) is 26.3 Å². The summed E-state index contributed by atoms with van der Waals surface area (Å²) < 4.78 is 127. The normalized spacial score (nSPS) is 40.7. The fourth-order valence-corrected chi connectivity index (χ4v) is 4.40. The zero-order chi connectivity index (χ0) is 18.2. The standard InChI is InChI=1S/C13H15F9O/c1-5-6(2)8-4-7(5)9(14,10(8,15)16)11(23-3,12(17,18)19)13(20,21)22/h5-8H,4H2,1-3H3. The third-order valence-electron chi connectivity index (χ3n) is 5.69. The Bertz CT molecular complexity index is 469. The smallest absolute Gasteiger partial charge is 0.359 e. The van der Waals surface area contributed by atoms with Crippen LogP contribution in [0.5, 0.6) is 0 Å². The number of rotatable bonds is 2. The molecule has 10 heteroatoms. The Labute approximate surface area is 126 Å². The summed E-state index contributed by atoms with van der Waals surface area (Å²) in [6, 6.07) is 0. The lowest BCUT2D eigenvalue weighted by Crippen LogP contribution is -2.78. The lowest BCUT2D eigenvalue weighted by Gasteiger charge is -2.52. The number of alkyl halides is 9. The van der Waals surface area contributed by atoms with Crippen LogP contribution in [0.1, 0.15) is 20.3 Å². The van der Waals surface area contributed by atoms with Gasteiger partial charge in [0.15, 0.2) is 0 Å². The van der Waals surface area contributed by atoms with Crippen LogP contribution >= 0.6 is 0 Å². The van der Waals surface area contributed by atoms with Gasteiger partial charge >= 0.3 is 12.4 Å². The van der Waals surface area contributed by atoms with E-state index in [2.05, 4.69) is 4.74 Å². The molecule has 0 heterocycles. The molecule has 136 valence electrons. The topological polar surface area (TPSA) is 9.23 Å². The van der Waals surface area contributed by atoms with Gasteiger partial charge in [-0.3, -0.25) is 0 Å². The van der Waals surface area contributed by atoms with E-state index in [0.717, 1.165) is 0 Å². The van der Waals surface area contributed by atoms with Crippen molar-refractivity contribution >= 4 is 0 Å². The summed E-state index contributed by atoms with van der Waals surface area (Å²) >= 11 is 0. The van der Waals surface area contributed by atoms with Crippen molar-refractivity contribution in [3.05, 3.63) is 0 Å². The zero-order valence-electron chi connectivity index (χ0n) is 12.3. The minimum atomic E-state index is -6.40. The van der Waals surface area contributed by atoms with E-state index in [-0.39, 0.29) is 7.11 Å². The number of methoxy groups -OCH3 is 1. The number of hydrogen-bond donors (Lipinski definition) is 0. The molecule has 1 nitrogen and oxygen atoms in total. The SMILES string of the molecule is COC(C(F)(F)F)(C(F)(F)F)C1(F)C2CC(C(C)C2C)C1(F)F. The van der Waals surface area contributed by atoms with Gasteiger partial charge in [-0.1, -0.05) is 13.8 Å². The maximum Gasteiger partial charge on any atom is 0.430 e. The predicted octanol–water partition coefficient (Wildman–Crippen LogP) is 4.76. The average molecular weight is 358 g/mol. The first-order chi connectivity index (χ1) is 10.1. The van der Waals surface area contributed by atoms with Crippen molar-refractivity contribution in [3.8, 4) is 0 Å². The van der Waals surface area contributed by atoms with Crippen LogP contribution in [0.25, 0.3) is 0 Å².